The van der Waals surface area contributed by atoms with E-state index >= 15 is 0 Å². The third-order valence-corrected chi connectivity index (χ3v) is 3.04. The molecule has 5 nitrogen and oxygen atoms in total. The molecule has 1 rings (SSSR count). The molecule has 0 radical (unpaired) electrons. The molecule has 0 heterocycles. The average Bonchev–Trinajstić information content (AvgIpc) is 2.34. The fourth-order valence-electron chi connectivity index (χ4n) is 1.50. The predicted molar refractivity (Wildman–Crippen MR) is 67.7 cm³/mol. The second-order valence-electron chi connectivity index (χ2n) is 3.76. The number of halogens is 1. The first-order valence-electron chi connectivity index (χ1n) is 5.30. The van der Waals surface area contributed by atoms with E-state index in [2.05, 4.69) is 5.32 Å². The van der Waals surface area contributed by atoms with Gasteiger partial charge in [0.05, 0.1) is 10.6 Å². The van der Waals surface area contributed by atoms with Crippen molar-refractivity contribution in [2.75, 3.05) is 11.9 Å². The third kappa shape index (κ3) is 3.13. The van der Waals surface area contributed by atoms with Crippen LogP contribution in [0.5, 0.6) is 0 Å². The Morgan fingerprint density at radius 3 is 2.78 bits per heavy atom. The van der Waals surface area contributed by atoms with E-state index in [1.807, 2.05) is 6.07 Å². The molecule has 1 atom stereocenters. The van der Waals surface area contributed by atoms with Gasteiger partial charge in [0.1, 0.15) is 12.1 Å². The molecule has 0 spiro atoms. The van der Waals surface area contributed by atoms with Gasteiger partial charge in [-0.2, -0.15) is 5.26 Å². The third-order valence-electron chi connectivity index (χ3n) is 2.55. The lowest BCUT2D eigenvalue weighted by Crippen LogP contribution is -2.30. The molecule has 0 saturated carbocycles. The Morgan fingerprint density at radius 2 is 2.28 bits per heavy atom. The van der Waals surface area contributed by atoms with E-state index in [4.69, 9.17) is 27.1 Å². The van der Waals surface area contributed by atoms with Gasteiger partial charge in [0.15, 0.2) is 0 Å². The van der Waals surface area contributed by atoms with Crippen LogP contribution in [0.15, 0.2) is 12.1 Å². The van der Waals surface area contributed by atoms with Gasteiger partial charge in [-0.15, -0.1) is 0 Å². The maximum absolute atomic E-state index is 11.0. The van der Waals surface area contributed by atoms with Crippen molar-refractivity contribution in [3.8, 4) is 6.07 Å². The molecule has 96 valence electrons. The maximum atomic E-state index is 11.0. The zero-order valence-electron chi connectivity index (χ0n) is 9.77. The Bertz CT molecular complexity index is 497. The molecule has 0 aliphatic heterocycles. The van der Waals surface area contributed by atoms with E-state index in [1.165, 1.54) is 6.07 Å². The number of carboxylic acid groups (broad SMARTS) is 1. The van der Waals surface area contributed by atoms with Crippen LogP contribution >= 0.6 is 11.6 Å². The lowest BCUT2D eigenvalue weighted by molar-refractivity contribution is -0.138. The lowest BCUT2D eigenvalue weighted by atomic mass is 10.1. The molecular weight excluding hydrogens is 256 g/mol. The van der Waals surface area contributed by atoms with Crippen molar-refractivity contribution in [3.63, 3.8) is 0 Å². The summed E-state index contributed by atoms with van der Waals surface area (Å²) in [5, 5.41) is 29.7. The predicted octanol–water partition coefficient (Wildman–Crippen LogP) is 1.77. The number of carbonyl (C=O) groups is 1. The highest BCUT2D eigenvalue weighted by atomic mass is 35.5. The second-order valence-corrected chi connectivity index (χ2v) is 4.14. The summed E-state index contributed by atoms with van der Waals surface area (Å²) in [7, 11) is 0. The molecule has 3 N–H and O–H groups in total. The lowest BCUT2D eigenvalue weighted by Gasteiger charge is -2.17. The van der Waals surface area contributed by atoms with Crippen LogP contribution in [-0.4, -0.2) is 28.8 Å². The van der Waals surface area contributed by atoms with Gasteiger partial charge < -0.3 is 15.5 Å². The number of nitriles is 1. The monoisotopic (exact) mass is 268 g/mol. The number of aliphatic hydroxyl groups excluding tert-OH is 1. The number of benzene rings is 1. The molecule has 1 aromatic rings. The molecule has 0 saturated heterocycles. The van der Waals surface area contributed by atoms with E-state index < -0.39 is 12.0 Å². The summed E-state index contributed by atoms with van der Waals surface area (Å²) in [6.45, 7) is 1.47. The number of aliphatic hydroxyl groups is 1. The van der Waals surface area contributed by atoms with Gasteiger partial charge in [-0.3, -0.25) is 0 Å². The molecule has 0 aliphatic rings. The molecule has 0 aromatic heterocycles. The Labute approximate surface area is 110 Å². The van der Waals surface area contributed by atoms with Gasteiger partial charge in [-0.1, -0.05) is 11.6 Å². The van der Waals surface area contributed by atoms with Crippen molar-refractivity contribution < 1.29 is 15.0 Å². The zero-order chi connectivity index (χ0) is 13.7. The van der Waals surface area contributed by atoms with E-state index in [9.17, 15) is 4.79 Å². The molecule has 18 heavy (non-hydrogen) atoms. The number of aliphatic carboxylic acids is 1. The fourth-order valence-corrected chi connectivity index (χ4v) is 1.71. The van der Waals surface area contributed by atoms with E-state index in [-0.39, 0.29) is 13.0 Å². The van der Waals surface area contributed by atoms with Crippen molar-refractivity contribution >= 4 is 23.3 Å². The van der Waals surface area contributed by atoms with Gasteiger partial charge in [-0.25, -0.2) is 4.79 Å². The van der Waals surface area contributed by atoms with Crippen molar-refractivity contribution in [3.05, 3.63) is 28.3 Å². The Hall–Kier alpha value is -1.77. The summed E-state index contributed by atoms with van der Waals surface area (Å²) in [5.41, 5.74) is 1.49. The van der Waals surface area contributed by atoms with Crippen LogP contribution in [0.25, 0.3) is 0 Å². The molecule has 1 aromatic carbocycles. The number of nitrogens with one attached hydrogen (secondary N) is 1. The highest BCUT2D eigenvalue weighted by Gasteiger charge is 2.18. The fraction of sp³-hybridized carbons (Fsp3) is 0.333. The summed E-state index contributed by atoms with van der Waals surface area (Å²) in [6, 6.07) is 4.19. The van der Waals surface area contributed by atoms with Crippen molar-refractivity contribution in [1.82, 2.24) is 0 Å². The van der Waals surface area contributed by atoms with Crippen LogP contribution in [0.3, 0.4) is 0 Å². The Balaban J connectivity index is 3.01. The molecular formula is C12H13ClN2O3. The molecule has 0 bridgehead atoms. The van der Waals surface area contributed by atoms with Crippen LogP contribution in [0.2, 0.25) is 5.02 Å². The summed E-state index contributed by atoms with van der Waals surface area (Å²) >= 11 is 5.98. The summed E-state index contributed by atoms with van der Waals surface area (Å²) in [6.07, 6.45) is 0.0897. The summed E-state index contributed by atoms with van der Waals surface area (Å²) in [5.74, 6) is -1.05. The van der Waals surface area contributed by atoms with Crippen LogP contribution in [-0.2, 0) is 4.79 Å². The quantitative estimate of drug-likeness (QED) is 0.757. The Kier molecular flexibility index (Phi) is 4.95. The minimum absolute atomic E-state index is 0.0897. The normalized spacial score (nSPS) is 11.7. The average molecular weight is 269 g/mol. The standard InChI is InChI=1S/C12H13ClN2O3/c1-7-9(3-2-8(6-14)11(7)13)15-10(4-5-16)12(17)18/h2-3,10,15-16H,4-5H2,1H3,(H,17,18)/t10-/m1/s1. The SMILES string of the molecule is Cc1c(N[C@H](CCO)C(=O)O)ccc(C#N)c1Cl. The topological polar surface area (TPSA) is 93.3 Å². The van der Waals surface area contributed by atoms with Crippen molar-refractivity contribution in [2.45, 2.75) is 19.4 Å². The zero-order valence-corrected chi connectivity index (χ0v) is 10.5. The number of nitrogens with zero attached hydrogens (tertiary/aromatic N) is 1. The van der Waals surface area contributed by atoms with Gasteiger partial charge in [0.2, 0.25) is 0 Å². The smallest absolute Gasteiger partial charge is 0.326 e. The highest BCUT2D eigenvalue weighted by molar-refractivity contribution is 6.32. The number of rotatable bonds is 5. The summed E-state index contributed by atoms with van der Waals surface area (Å²) < 4.78 is 0. The first-order valence-corrected chi connectivity index (χ1v) is 5.68. The van der Waals surface area contributed by atoms with Crippen LogP contribution < -0.4 is 5.32 Å². The first-order chi connectivity index (χ1) is 8.51. The number of hydrogen-bond donors (Lipinski definition) is 3. The molecule has 0 amide bonds. The largest absolute Gasteiger partial charge is 0.480 e. The first kappa shape index (κ1) is 14.3. The Morgan fingerprint density at radius 1 is 1.61 bits per heavy atom. The van der Waals surface area contributed by atoms with Gasteiger partial charge in [0, 0.05) is 18.7 Å². The van der Waals surface area contributed by atoms with E-state index in [0.717, 1.165) is 0 Å². The highest BCUT2D eigenvalue weighted by Crippen LogP contribution is 2.27. The van der Waals surface area contributed by atoms with E-state index in [0.29, 0.717) is 21.8 Å². The molecule has 0 aliphatic carbocycles. The number of hydrogen-bond acceptors (Lipinski definition) is 4. The minimum Gasteiger partial charge on any atom is -0.480 e. The van der Waals surface area contributed by atoms with Crippen LogP contribution in [0, 0.1) is 18.3 Å². The molecule has 0 unspecified atom stereocenters. The molecule has 0 fully saturated rings. The van der Waals surface area contributed by atoms with E-state index in [1.54, 1.807) is 13.0 Å². The van der Waals surface area contributed by atoms with Crippen LogP contribution in [0.4, 0.5) is 5.69 Å². The minimum atomic E-state index is -1.05. The molecule has 6 heteroatoms. The van der Waals surface area contributed by atoms with Gasteiger partial charge in [0.25, 0.3) is 0 Å². The maximum Gasteiger partial charge on any atom is 0.326 e. The number of anilines is 1. The van der Waals surface area contributed by atoms with Crippen molar-refractivity contribution in [2.24, 2.45) is 0 Å². The van der Waals surface area contributed by atoms with Crippen LogP contribution in [0.1, 0.15) is 17.5 Å². The van der Waals surface area contributed by atoms with Crippen molar-refractivity contribution in [1.29, 1.82) is 5.26 Å². The number of carboxylic acids is 1. The van der Waals surface area contributed by atoms with Gasteiger partial charge >= 0.3 is 5.97 Å². The van der Waals surface area contributed by atoms with Gasteiger partial charge in [-0.05, 0) is 24.6 Å². The second kappa shape index (κ2) is 6.24. The summed E-state index contributed by atoms with van der Waals surface area (Å²) in [4.78, 5) is 11.0.